The first-order valence-electron chi connectivity index (χ1n) is 11.4. The van der Waals surface area contributed by atoms with Crippen LogP contribution >= 0.6 is 0 Å². The summed E-state index contributed by atoms with van der Waals surface area (Å²) in [5.74, 6) is 1.12. The molecule has 2 aliphatic rings. The molecular weight excluding hydrogens is 400 g/mol. The fraction of sp³-hybridized carbons (Fsp3) is 0.333. The van der Waals surface area contributed by atoms with E-state index >= 15 is 0 Å². The first kappa shape index (κ1) is 20.6. The van der Waals surface area contributed by atoms with E-state index in [1.165, 1.54) is 32.1 Å². The first-order valence-corrected chi connectivity index (χ1v) is 11.4. The van der Waals surface area contributed by atoms with Gasteiger partial charge in [0.05, 0.1) is 18.4 Å². The molecule has 1 saturated carbocycles. The third-order valence-electron chi connectivity index (χ3n) is 6.81. The summed E-state index contributed by atoms with van der Waals surface area (Å²) < 4.78 is 5.45. The number of benzene rings is 3. The Hall–Kier alpha value is -3.34. The van der Waals surface area contributed by atoms with Crippen LogP contribution in [0.1, 0.15) is 58.4 Å². The van der Waals surface area contributed by atoms with E-state index < -0.39 is 0 Å². The van der Waals surface area contributed by atoms with Crippen LogP contribution in [0.4, 0.5) is 5.69 Å². The van der Waals surface area contributed by atoms with Gasteiger partial charge in [0, 0.05) is 24.0 Å². The summed E-state index contributed by atoms with van der Waals surface area (Å²) in [5.41, 5.74) is 2.77. The molecule has 5 rings (SSSR count). The average molecular weight is 429 g/mol. The molecule has 0 radical (unpaired) electrons. The molecule has 1 aliphatic heterocycles. The van der Waals surface area contributed by atoms with E-state index in [2.05, 4.69) is 5.32 Å². The van der Waals surface area contributed by atoms with Gasteiger partial charge in [0.25, 0.3) is 11.8 Å². The maximum atomic E-state index is 13.3. The standard InChI is InChI=1S/C27H28N2O3/c1-32-24-15-14-22(20-11-5-6-12-21(20)24)26(30)28-23-13-7-10-19-17-29(27(31)25(19)23)16-18-8-3-2-4-9-18/h5-7,10-15,18H,2-4,8-9,16-17H2,1H3,(H,28,30). The van der Waals surface area contributed by atoms with Crippen LogP contribution in [0, 0.1) is 5.92 Å². The Morgan fingerprint density at radius 1 is 1.00 bits per heavy atom. The number of anilines is 1. The number of hydrogen-bond acceptors (Lipinski definition) is 3. The summed E-state index contributed by atoms with van der Waals surface area (Å²) in [5, 5.41) is 4.72. The lowest BCUT2D eigenvalue weighted by molar-refractivity contribution is 0.0738. The molecule has 3 aromatic carbocycles. The van der Waals surface area contributed by atoms with E-state index in [1.54, 1.807) is 13.2 Å². The van der Waals surface area contributed by atoms with Gasteiger partial charge in [-0.3, -0.25) is 9.59 Å². The van der Waals surface area contributed by atoms with Crippen LogP contribution in [0.3, 0.4) is 0 Å². The van der Waals surface area contributed by atoms with Crippen molar-refractivity contribution in [3.63, 3.8) is 0 Å². The van der Waals surface area contributed by atoms with Gasteiger partial charge in [-0.15, -0.1) is 0 Å². The molecule has 3 aromatic rings. The number of methoxy groups -OCH3 is 1. The Balaban J connectivity index is 1.40. The SMILES string of the molecule is COc1ccc(C(=O)Nc2cccc3c2C(=O)N(CC2CCCCC2)C3)c2ccccc12. The van der Waals surface area contributed by atoms with Crippen molar-refractivity contribution in [2.24, 2.45) is 5.92 Å². The molecular formula is C27H28N2O3. The number of nitrogens with zero attached hydrogens (tertiary/aromatic N) is 1. The Kier molecular flexibility index (Phi) is 5.56. The second-order valence-electron chi connectivity index (χ2n) is 8.84. The van der Waals surface area contributed by atoms with E-state index in [0.29, 0.717) is 29.3 Å². The van der Waals surface area contributed by atoms with Crippen LogP contribution < -0.4 is 10.1 Å². The molecule has 0 aromatic heterocycles. The third-order valence-corrected chi connectivity index (χ3v) is 6.81. The highest BCUT2D eigenvalue weighted by atomic mass is 16.5. The van der Waals surface area contributed by atoms with Gasteiger partial charge in [-0.2, -0.15) is 0 Å². The zero-order valence-corrected chi connectivity index (χ0v) is 18.4. The largest absolute Gasteiger partial charge is 0.496 e. The zero-order chi connectivity index (χ0) is 22.1. The molecule has 0 atom stereocenters. The number of nitrogens with one attached hydrogen (secondary N) is 1. The number of fused-ring (bicyclic) bond motifs is 2. The number of hydrogen-bond donors (Lipinski definition) is 1. The van der Waals surface area contributed by atoms with Crippen molar-refractivity contribution in [1.29, 1.82) is 0 Å². The molecule has 1 fully saturated rings. The van der Waals surface area contributed by atoms with Gasteiger partial charge < -0.3 is 15.0 Å². The molecule has 0 unspecified atom stereocenters. The van der Waals surface area contributed by atoms with Crippen molar-refractivity contribution < 1.29 is 14.3 Å². The maximum Gasteiger partial charge on any atom is 0.256 e. The van der Waals surface area contributed by atoms with Crippen LogP contribution in [0.25, 0.3) is 10.8 Å². The van der Waals surface area contributed by atoms with Gasteiger partial charge in [0.2, 0.25) is 0 Å². The molecule has 1 N–H and O–H groups in total. The van der Waals surface area contributed by atoms with Gasteiger partial charge in [0.15, 0.2) is 0 Å². The van der Waals surface area contributed by atoms with E-state index in [0.717, 1.165) is 28.6 Å². The maximum absolute atomic E-state index is 13.3. The quantitative estimate of drug-likeness (QED) is 0.572. The van der Waals surface area contributed by atoms with Gasteiger partial charge >= 0.3 is 0 Å². The van der Waals surface area contributed by atoms with Gasteiger partial charge in [-0.25, -0.2) is 0 Å². The number of rotatable bonds is 5. The van der Waals surface area contributed by atoms with Gasteiger partial charge in [-0.1, -0.05) is 55.7 Å². The van der Waals surface area contributed by atoms with Gasteiger partial charge in [0.1, 0.15) is 5.75 Å². The number of amides is 2. The highest BCUT2D eigenvalue weighted by molar-refractivity contribution is 6.16. The Labute approximate surface area is 188 Å². The average Bonchev–Trinajstić information content (AvgIpc) is 3.15. The van der Waals surface area contributed by atoms with Crippen molar-refractivity contribution in [1.82, 2.24) is 4.90 Å². The molecule has 1 aliphatic carbocycles. The van der Waals surface area contributed by atoms with E-state index in [4.69, 9.17) is 4.74 Å². The molecule has 1 heterocycles. The summed E-state index contributed by atoms with van der Waals surface area (Å²) in [7, 11) is 1.62. The summed E-state index contributed by atoms with van der Waals surface area (Å²) in [6.07, 6.45) is 6.23. The smallest absolute Gasteiger partial charge is 0.256 e. The molecule has 0 saturated heterocycles. The number of ether oxygens (including phenoxy) is 1. The minimum absolute atomic E-state index is 0.0288. The van der Waals surface area contributed by atoms with Crippen molar-refractivity contribution in [3.8, 4) is 5.75 Å². The molecule has 5 heteroatoms. The van der Waals surface area contributed by atoms with Gasteiger partial charge in [-0.05, 0) is 47.9 Å². The normalized spacial score (nSPS) is 16.3. The van der Waals surface area contributed by atoms with Crippen molar-refractivity contribution in [2.45, 2.75) is 38.6 Å². The predicted octanol–water partition coefficient (Wildman–Crippen LogP) is 5.64. The zero-order valence-electron chi connectivity index (χ0n) is 18.4. The second-order valence-corrected chi connectivity index (χ2v) is 8.84. The molecule has 0 bridgehead atoms. The Morgan fingerprint density at radius 2 is 1.78 bits per heavy atom. The molecule has 5 nitrogen and oxygen atoms in total. The lowest BCUT2D eigenvalue weighted by atomic mass is 9.89. The number of carbonyl (C=O) groups is 2. The van der Waals surface area contributed by atoms with Crippen LogP contribution in [0.15, 0.2) is 54.6 Å². The first-order chi connectivity index (χ1) is 15.7. The second kappa shape index (κ2) is 8.65. The number of carbonyl (C=O) groups excluding carboxylic acids is 2. The Bertz CT molecular complexity index is 1180. The minimum Gasteiger partial charge on any atom is -0.496 e. The predicted molar refractivity (Wildman–Crippen MR) is 126 cm³/mol. The van der Waals surface area contributed by atoms with Crippen molar-refractivity contribution >= 4 is 28.3 Å². The van der Waals surface area contributed by atoms with E-state index in [-0.39, 0.29) is 11.8 Å². The molecule has 2 amide bonds. The highest BCUT2D eigenvalue weighted by Gasteiger charge is 2.32. The van der Waals surface area contributed by atoms with Crippen LogP contribution in [-0.4, -0.2) is 30.4 Å². The van der Waals surface area contributed by atoms with Crippen LogP contribution in [-0.2, 0) is 6.54 Å². The van der Waals surface area contributed by atoms with Crippen molar-refractivity contribution in [2.75, 3.05) is 19.0 Å². The molecule has 0 spiro atoms. The lowest BCUT2D eigenvalue weighted by Gasteiger charge is -2.26. The summed E-state index contributed by atoms with van der Waals surface area (Å²) in [6, 6.07) is 17.0. The summed E-state index contributed by atoms with van der Waals surface area (Å²) in [6.45, 7) is 1.43. The lowest BCUT2D eigenvalue weighted by Crippen LogP contribution is -2.31. The topological polar surface area (TPSA) is 58.6 Å². The Morgan fingerprint density at radius 3 is 2.56 bits per heavy atom. The fourth-order valence-corrected chi connectivity index (χ4v) is 5.19. The molecule has 32 heavy (non-hydrogen) atoms. The van der Waals surface area contributed by atoms with Crippen LogP contribution in [0.2, 0.25) is 0 Å². The monoisotopic (exact) mass is 428 g/mol. The summed E-state index contributed by atoms with van der Waals surface area (Å²) >= 11 is 0. The third kappa shape index (κ3) is 3.72. The fourth-order valence-electron chi connectivity index (χ4n) is 5.19. The van der Waals surface area contributed by atoms with E-state index in [9.17, 15) is 9.59 Å². The molecule has 164 valence electrons. The summed E-state index contributed by atoms with van der Waals surface area (Å²) in [4.78, 5) is 28.5. The van der Waals surface area contributed by atoms with Crippen LogP contribution in [0.5, 0.6) is 5.75 Å². The van der Waals surface area contributed by atoms with Crippen molar-refractivity contribution in [3.05, 3.63) is 71.3 Å². The highest BCUT2D eigenvalue weighted by Crippen LogP contribution is 2.34. The minimum atomic E-state index is -0.226. The van der Waals surface area contributed by atoms with E-state index in [1.807, 2.05) is 53.4 Å².